The molecule has 0 heterocycles. The van der Waals surface area contributed by atoms with Crippen LogP contribution in [0.4, 0.5) is 0 Å². The zero-order valence-corrected chi connectivity index (χ0v) is 9.88. The maximum atomic E-state index is 6.61. The van der Waals surface area contributed by atoms with Crippen molar-refractivity contribution >= 4 is 0 Å². The Morgan fingerprint density at radius 2 is 1.33 bits per heavy atom. The zero-order chi connectivity index (χ0) is 10.7. The normalized spacial score (nSPS) is 40.0. The highest BCUT2D eigenvalue weighted by atomic mass is 14.8. The van der Waals surface area contributed by atoms with E-state index in [0.717, 1.165) is 18.8 Å². The van der Waals surface area contributed by atoms with Crippen molar-refractivity contribution in [2.24, 2.45) is 17.4 Å². The van der Waals surface area contributed by atoms with Gasteiger partial charge in [0, 0.05) is 11.6 Å². The second kappa shape index (κ2) is 4.84. The molecule has 2 fully saturated rings. The Labute approximate surface area is 93.8 Å². The van der Waals surface area contributed by atoms with Gasteiger partial charge in [-0.2, -0.15) is 0 Å². The van der Waals surface area contributed by atoms with E-state index in [-0.39, 0.29) is 5.54 Å². The van der Waals surface area contributed by atoms with Gasteiger partial charge in [-0.1, -0.05) is 25.7 Å². The second-order valence-corrected chi connectivity index (χ2v) is 5.76. The van der Waals surface area contributed by atoms with Gasteiger partial charge in [-0.05, 0) is 44.4 Å². The van der Waals surface area contributed by atoms with Crippen LogP contribution >= 0.6 is 0 Å². The monoisotopic (exact) mass is 210 g/mol. The average Bonchev–Trinajstić information content (AvgIpc) is 2.51. The maximum absolute atomic E-state index is 6.61. The van der Waals surface area contributed by atoms with E-state index >= 15 is 0 Å². The molecule has 4 N–H and O–H groups in total. The molecule has 0 unspecified atom stereocenters. The van der Waals surface area contributed by atoms with Gasteiger partial charge in [0.2, 0.25) is 0 Å². The van der Waals surface area contributed by atoms with Crippen LogP contribution in [0.15, 0.2) is 0 Å². The summed E-state index contributed by atoms with van der Waals surface area (Å²) < 4.78 is 0. The van der Waals surface area contributed by atoms with Gasteiger partial charge >= 0.3 is 0 Å². The lowest BCUT2D eigenvalue weighted by molar-refractivity contribution is 0.168. The fourth-order valence-electron chi connectivity index (χ4n) is 3.44. The van der Waals surface area contributed by atoms with Crippen LogP contribution in [0.3, 0.4) is 0 Å². The molecule has 0 saturated heterocycles. The molecular formula is C13H26N2. The molecule has 2 saturated carbocycles. The molecule has 2 rings (SSSR count). The van der Waals surface area contributed by atoms with E-state index in [4.69, 9.17) is 11.5 Å². The number of hydrogen-bond acceptors (Lipinski definition) is 2. The topological polar surface area (TPSA) is 52.0 Å². The molecule has 2 aliphatic rings. The highest BCUT2D eigenvalue weighted by molar-refractivity contribution is 4.96. The highest BCUT2D eigenvalue weighted by Crippen LogP contribution is 2.38. The molecule has 2 nitrogen and oxygen atoms in total. The molecule has 2 aliphatic carbocycles. The Morgan fingerprint density at radius 3 is 1.87 bits per heavy atom. The molecule has 0 bridgehead atoms. The van der Waals surface area contributed by atoms with E-state index in [1.807, 2.05) is 0 Å². The lowest BCUT2D eigenvalue weighted by Crippen LogP contribution is -2.51. The van der Waals surface area contributed by atoms with Gasteiger partial charge in [0.1, 0.15) is 0 Å². The molecular weight excluding hydrogens is 184 g/mol. The quantitative estimate of drug-likeness (QED) is 0.653. The predicted molar refractivity (Wildman–Crippen MR) is 64.6 cm³/mol. The Hall–Kier alpha value is -0.0800. The van der Waals surface area contributed by atoms with Gasteiger partial charge in [-0.15, -0.1) is 0 Å². The Balaban J connectivity index is 1.94. The summed E-state index contributed by atoms with van der Waals surface area (Å²) in [4.78, 5) is 0. The lowest BCUT2D eigenvalue weighted by Gasteiger charge is -2.42. The Kier molecular flexibility index (Phi) is 3.68. The van der Waals surface area contributed by atoms with Gasteiger partial charge in [-0.25, -0.2) is 0 Å². The van der Waals surface area contributed by atoms with Gasteiger partial charge < -0.3 is 11.5 Å². The van der Waals surface area contributed by atoms with Gasteiger partial charge in [0.05, 0.1) is 0 Å². The number of hydrogen-bond donors (Lipinski definition) is 2. The fourth-order valence-corrected chi connectivity index (χ4v) is 3.44. The van der Waals surface area contributed by atoms with Crippen molar-refractivity contribution in [1.29, 1.82) is 0 Å². The first kappa shape index (κ1) is 11.4. The minimum absolute atomic E-state index is 0.139. The predicted octanol–water partition coefficient (Wildman–Crippen LogP) is 2.56. The van der Waals surface area contributed by atoms with Gasteiger partial charge in [0.15, 0.2) is 0 Å². The highest BCUT2D eigenvalue weighted by Gasteiger charge is 2.37. The Bertz CT molecular complexity index is 187. The van der Waals surface area contributed by atoms with E-state index < -0.39 is 0 Å². The molecule has 0 aromatic heterocycles. The summed E-state index contributed by atoms with van der Waals surface area (Å²) in [5.74, 6) is 0.785. The summed E-state index contributed by atoms with van der Waals surface area (Å²) in [6.45, 7) is 0. The lowest BCUT2D eigenvalue weighted by atomic mass is 9.70. The molecule has 0 aromatic carbocycles. The number of rotatable bonds is 1. The average molecular weight is 210 g/mol. The molecule has 0 atom stereocenters. The smallest absolute Gasteiger partial charge is 0.0184 e. The van der Waals surface area contributed by atoms with Crippen molar-refractivity contribution < 1.29 is 0 Å². The third kappa shape index (κ3) is 2.73. The fraction of sp³-hybridized carbons (Fsp3) is 1.00. The molecule has 0 amide bonds. The van der Waals surface area contributed by atoms with Crippen molar-refractivity contribution in [3.8, 4) is 0 Å². The first-order valence-electron chi connectivity index (χ1n) is 6.75. The first-order valence-corrected chi connectivity index (χ1v) is 6.75. The van der Waals surface area contributed by atoms with Crippen LogP contribution in [-0.4, -0.2) is 11.6 Å². The molecule has 0 spiro atoms. The zero-order valence-electron chi connectivity index (χ0n) is 9.88. The summed E-state index contributed by atoms with van der Waals surface area (Å²) in [6, 6.07) is 0.424. The summed E-state index contributed by atoms with van der Waals surface area (Å²) in [7, 11) is 0. The third-order valence-corrected chi connectivity index (χ3v) is 4.63. The molecule has 0 aromatic rings. The summed E-state index contributed by atoms with van der Waals surface area (Å²) in [5, 5.41) is 0. The Morgan fingerprint density at radius 1 is 0.800 bits per heavy atom. The van der Waals surface area contributed by atoms with Crippen molar-refractivity contribution in [3.05, 3.63) is 0 Å². The van der Waals surface area contributed by atoms with Crippen molar-refractivity contribution in [3.63, 3.8) is 0 Å². The van der Waals surface area contributed by atoms with Crippen LogP contribution in [0.25, 0.3) is 0 Å². The largest absolute Gasteiger partial charge is 0.328 e. The third-order valence-electron chi connectivity index (χ3n) is 4.63. The van der Waals surface area contributed by atoms with Crippen molar-refractivity contribution in [2.75, 3.05) is 0 Å². The second-order valence-electron chi connectivity index (χ2n) is 5.76. The van der Waals surface area contributed by atoms with Gasteiger partial charge in [-0.3, -0.25) is 0 Å². The van der Waals surface area contributed by atoms with E-state index in [2.05, 4.69) is 0 Å². The molecule has 88 valence electrons. The van der Waals surface area contributed by atoms with Crippen LogP contribution in [0, 0.1) is 5.92 Å². The van der Waals surface area contributed by atoms with Crippen LogP contribution < -0.4 is 11.5 Å². The van der Waals surface area contributed by atoms with E-state index in [1.54, 1.807) is 0 Å². The van der Waals surface area contributed by atoms with Crippen LogP contribution in [0.2, 0.25) is 0 Å². The summed E-state index contributed by atoms with van der Waals surface area (Å²) in [5.41, 5.74) is 12.7. The molecule has 0 aliphatic heterocycles. The van der Waals surface area contributed by atoms with Gasteiger partial charge in [0.25, 0.3) is 0 Å². The minimum Gasteiger partial charge on any atom is -0.328 e. The first-order chi connectivity index (χ1) is 7.21. The van der Waals surface area contributed by atoms with E-state index in [0.29, 0.717) is 6.04 Å². The minimum atomic E-state index is 0.139. The molecule has 15 heavy (non-hydrogen) atoms. The van der Waals surface area contributed by atoms with Crippen LogP contribution in [-0.2, 0) is 0 Å². The van der Waals surface area contributed by atoms with E-state index in [1.165, 1.54) is 51.4 Å². The van der Waals surface area contributed by atoms with E-state index in [9.17, 15) is 0 Å². The van der Waals surface area contributed by atoms with Crippen molar-refractivity contribution in [1.82, 2.24) is 0 Å². The van der Waals surface area contributed by atoms with Crippen LogP contribution in [0.5, 0.6) is 0 Å². The summed E-state index contributed by atoms with van der Waals surface area (Å²) in [6.07, 6.45) is 13.0. The molecule has 0 radical (unpaired) electrons. The van der Waals surface area contributed by atoms with Crippen molar-refractivity contribution in [2.45, 2.75) is 75.8 Å². The summed E-state index contributed by atoms with van der Waals surface area (Å²) >= 11 is 0. The standard InChI is InChI=1S/C13H26N2/c14-12-7-9-13(15,10-8-12)11-5-3-1-2-4-6-11/h11-12H,1-10,14-15H2. The molecule has 2 heteroatoms. The maximum Gasteiger partial charge on any atom is 0.0184 e. The number of nitrogens with two attached hydrogens (primary N) is 2. The SMILES string of the molecule is NC1CCC(N)(C2CCCCCC2)CC1. The van der Waals surface area contributed by atoms with Crippen LogP contribution in [0.1, 0.15) is 64.2 Å².